The third-order valence-electron chi connectivity index (χ3n) is 1.88. The Morgan fingerprint density at radius 2 is 2.00 bits per heavy atom. The Kier molecular flexibility index (Phi) is 3.50. The van der Waals surface area contributed by atoms with Crippen molar-refractivity contribution in [2.75, 3.05) is 0 Å². The summed E-state index contributed by atoms with van der Waals surface area (Å²) in [5.41, 5.74) is 4.99. The highest BCUT2D eigenvalue weighted by Gasteiger charge is 2.23. The standard InChI is InChI=1S/C10H16N4O3/c1-6-8(9(16)17-10(2,3)4)12-13-14(6)5-7(11)15/h5H2,1-4H3,(H2,11,15). The van der Waals surface area contributed by atoms with Crippen molar-refractivity contribution in [3.63, 3.8) is 0 Å². The molecule has 1 heterocycles. The molecule has 94 valence electrons. The van der Waals surface area contributed by atoms with Gasteiger partial charge in [0, 0.05) is 0 Å². The summed E-state index contributed by atoms with van der Waals surface area (Å²) in [7, 11) is 0. The normalized spacial score (nSPS) is 11.3. The number of hydrogen-bond donors (Lipinski definition) is 1. The zero-order valence-corrected chi connectivity index (χ0v) is 10.4. The molecule has 0 radical (unpaired) electrons. The first kappa shape index (κ1) is 13.1. The second-order valence-corrected chi connectivity index (χ2v) is 4.65. The summed E-state index contributed by atoms with van der Waals surface area (Å²) >= 11 is 0. The van der Waals surface area contributed by atoms with Gasteiger partial charge in [-0.2, -0.15) is 0 Å². The third-order valence-corrected chi connectivity index (χ3v) is 1.88. The lowest BCUT2D eigenvalue weighted by Gasteiger charge is -2.18. The highest BCUT2D eigenvalue weighted by molar-refractivity contribution is 5.88. The van der Waals surface area contributed by atoms with Gasteiger partial charge in [0.25, 0.3) is 0 Å². The topological polar surface area (TPSA) is 100 Å². The Morgan fingerprint density at radius 3 is 2.47 bits per heavy atom. The monoisotopic (exact) mass is 240 g/mol. The lowest BCUT2D eigenvalue weighted by Crippen LogP contribution is -2.25. The molecule has 0 spiro atoms. The molecular weight excluding hydrogens is 224 g/mol. The first-order valence-electron chi connectivity index (χ1n) is 5.12. The summed E-state index contributed by atoms with van der Waals surface area (Å²) in [6.45, 7) is 6.79. The fraction of sp³-hybridized carbons (Fsp3) is 0.600. The number of carbonyl (C=O) groups is 2. The zero-order valence-electron chi connectivity index (χ0n) is 10.4. The van der Waals surface area contributed by atoms with Crippen molar-refractivity contribution in [1.29, 1.82) is 0 Å². The van der Waals surface area contributed by atoms with Crippen LogP contribution in [0.2, 0.25) is 0 Å². The van der Waals surface area contributed by atoms with Crippen molar-refractivity contribution in [2.45, 2.75) is 39.8 Å². The van der Waals surface area contributed by atoms with Gasteiger partial charge in [0.15, 0.2) is 5.69 Å². The molecule has 0 aliphatic heterocycles. The van der Waals surface area contributed by atoms with Gasteiger partial charge in [0.2, 0.25) is 5.91 Å². The van der Waals surface area contributed by atoms with Gasteiger partial charge in [0.1, 0.15) is 12.1 Å². The molecule has 2 N–H and O–H groups in total. The Morgan fingerprint density at radius 1 is 1.41 bits per heavy atom. The van der Waals surface area contributed by atoms with E-state index in [1.807, 2.05) is 0 Å². The van der Waals surface area contributed by atoms with E-state index in [1.54, 1.807) is 27.7 Å². The van der Waals surface area contributed by atoms with Crippen LogP contribution in [-0.4, -0.2) is 32.5 Å². The molecule has 0 saturated heterocycles. The van der Waals surface area contributed by atoms with Gasteiger partial charge >= 0.3 is 5.97 Å². The predicted molar refractivity (Wildman–Crippen MR) is 59.1 cm³/mol. The molecule has 1 aromatic heterocycles. The van der Waals surface area contributed by atoms with E-state index < -0.39 is 17.5 Å². The van der Waals surface area contributed by atoms with Gasteiger partial charge in [-0.25, -0.2) is 9.48 Å². The lowest BCUT2D eigenvalue weighted by atomic mass is 10.2. The Labute approximate surface area is 98.9 Å². The van der Waals surface area contributed by atoms with E-state index in [-0.39, 0.29) is 12.2 Å². The van der Waals surface area contributed by atoms with Crippen LogP contribution in [0.1, 0.15) is 37.0 Å². The van der Waals surface area contributed by atoms with Crippen LogP contribution in [0.25, 0.3) is 0 Å². The highest BCUT2D eigenvalue weighted by atomic mass is 16.6. The number of amides is 1. The van der Waals surface area contributed by atoms with Crippen molar-refractivity contribution in [3.8, 4) is 0 Å². The van der Waals surface area contributed by atoms with Gasteiger partial charge in [-0.15, -0.1) is 5.10 Å². The van der Waals surface area contributed by atoms with Crippen LogP contribution >= 0.6 is 0 Å². The number of esters is 1. The molecule has 1 amide bonds. The van der Waals surface area contributed by atoms with Gasteiger partial charge in [-0.1, -0.05) is 5.21 Å². The van der Waals surface area contributed by atoms with Gasteiger partial charge < -0.3 is 10.5 Å². The Hall–Kier alpha value is -1.92. The maximum absolute atomic E-state index is 11.7. The van der Waals surface area contributed by atoms with E-state index in [9.17, 15) is 9.59 Å². The minimum atomic E-state index is -0.600. The van der Waals surface area contributed by atoms with E-state index in [4.69, 9.17) is 10.5 Å². The van der Waals surface area contributed by atoms with Crippen LogP contribution in [0, 0.1) is 6.92 Å². The maximum Gasteiger partial charge on any atom is 0.361 e. The Bertz CT molecular complexity index is 445. The molecule has 0 aromatic carbocycles. The molecule has 7 heteroatoms. The molecule has 0 fully saturated rings. The van der Waals surface area contributed by atoms with Crippen LogP contribution < -0.4 is 5.73 Å². The summed E-state index contributed by atoms with van der Waals surface area (Å²) in [4.78, 5) is 22.5. The van der Waals surface area contributed by atoms with E-state index in [0.29, 0.717) is 5.69 Å². The third kappa shape index (κ3) is 3.54. The molecule has 1 aromatic rings. The minimum absolute atomic E-state index is 0.0983. The first-order chi connectivity index (χ1) is 7.70. The van der Waals surface area contributed by atoms with Crippen molar-refractivity contribution in [3.05, 3.63) is 11.4 Å². The van der Waals surface area contributed by atoms with E-state index >= 15 is 0 Å². The highest BCUT2D eigenvalue weighted by Crippen LogP contribution is 2.12. The van der Waals surface area contributed by atoms with Crippen molar-refractivity contribution in [2.24, 2.45) is 5.73 Å². The van der Waals surface area contributed by atoms with Crippen molar-refractivity contribution in [1.82, 2.24) is 15.0 Å². The number of carbonyl (C=O) groups excluding carboxylic acids is 2. The molecule has 0 atom stereocenters. The van der Waals surface area contributed by atoms with Crippen LogP contribution in [0.15, 0.2) is 0 Å². The molecule has 0 saturated carbocycles. The number of nitrogens with two attached hydrogens (primary N) is 1. The summed E-state index contributed by atoms with van der Waals surface area (Å²) in [6.07, 6.45) is 0. The number of nitrogens with zero attached hydrogens (tertiary/aromatic N) is 3. The van der Waals surface area contributed by atoms with E-state index in [1.165, 1.54) is 4.68 Å². The maximum atomic E-state index is 11.7. The minimum Gasteiger partial charge on any atom is -0.455 e. The first-order valence-corrected chi connectivity index (χ1v) is 5.12. The van der Waals surface area contributed by atoms with Crippen molar-refractivity contribution >= 4 is 11.9 Å². The smallest absolute Gasteiger partial charge is 0.361 e. The van der Waals surface area contributed by atoms with E-state index in [0.717, 1.165) is 0 Å². The number of aromatic nitrogens is 3. The average molecular weight is 240 g/mol. The summed E-state index contributed by atoms with van der Waals surface area (Å²) < 4.78 is 6.42. The lowest BCUT2D eigenvalue weighted by molar-refractivity contribution is -0.118. The molecule has 17 heavy (non-hydrogen) atoms. The van der Waals surface area contributed by atoms with Crippen LogP contribution in [0.4, 0.5) is 0 Å². The summed E-state index contributed by atoms with van der Waals surface area (Å²) in [5, 5.41) is 7.36. The number of primary amides is 1. The van der Waals surface area contributed by atoms with Gasteiger partial charge in [-0.3, -0.25) is 4.79 Å². The van der Waals surface area contributed by atoms with Crippen LogP contribution in [0.3, 0.4) is 0 Å². The fourth-order valence-electron chi connectivity index (χ4n) is 1.17. The molecule has 1 rings (SSSR count). The fourth-order valence-corrected chi connectivity index (χ4v) is 1.17. The molecule has 0 bridgehead atoms. The summed E-state index contributed by atoms with van der Waals surface area (Å²) in [6, 6.07) is 0. The molecule has 0 unspecified atom stereocenters. The van der Waals surface area contributed by atoms with Gasteiger partial charge in [-0.05, 0) is 27.7 Å². The van der Waals surface area contributed by atoms with Crippen molar-refractivity contribution < 1.29 is 14.3 Å². The predicted octanol–water partition coefficient (Wildman–Crippen LogP) is 0.0271. The van der Waals surface area contributed by atoms with Crippen LogP contribution in [-0.2, 0) is 16.1 Å². The summed E-state index contributed by atoms with van der Waals surface area (Å²) in [5.74, 6) is -1.11. The Balaban J connectivity index is 2.89. The van der Waals surface area contributed by atoms with Crippen LogP contribution in [0.5, 0.6) is 0 Å². The molecule has 0 aliphatic carbocycles. The average Bonchev–Trinajstić information content (AvgIpc) is 2.44. The second kappa shape index (κ2) is 4.52. The second-order valence-electron chi connectivity index (χ2n) is 4.65. The van der Waals surface area contributed by atoms with Gasteiger partial charge in [0.05, 0.1) is 5.69 Å². The molecular formula is C10H16N4O3. The van der Waals surface area contributed by atoms with E-state index in [2.05, 4.69) is 10.3 Å². The number of ether oxygens (including phenoxy) is 1. The molecule has 7 nitrogen and oxygen atoms in total. The number of hydrogen-bond acceptors (Lipinski definition) is 5. The molecule has 0 aliphatic rings. The zero-order chi connectivity index (χ0) is 13.2. The quantitative estimate of drug-likeness (QED) is 0.751. The number of rotatable bonds is 3. The SMILES string of the molecule is Cc1c(C(=O)OC(C)(C)C)nnn1CC(N)=O. The largest absolute Gasteiger partial charge is 0.455 e.